The van der Waals surface area contributed by atoms with Crippen molar-refractivity contribution in [3.8, 4) is 0 Å². The van der Waals surface area contributed by atoms with E-state index in [2.05, 4.69) is 10.6 Å². The number of carbonyl (C=O) groups excluding carboxylic acids is 2. The molecular weight excluding hydrogens is 319 g/mol. The maximum Gasteiger partial charge on any atom is 0.418 e. The Morgan fingerprint density at radius 3 is 2.35 bits per heavy atom. The fraction of sp³-hybridized carbons (Fsp3) is 0.308. The van der Waals surface area contributed by atoms with E-state index in [1.54, 1.807) is 0 Å². The lowest BCUT2D eigenvalue weighted by Gasteiger charge is -2.15. The van der Waals surface area contributed by atoms with Crippen molar-refractivity contribution in [3.63, 3.8) is 0 Å². The Hall–Kier alpha value is -2.78. The Morgan fingerprint density at radius 2 is 1.83 bits per heavy atom. The summed E-state index contributed by atoms with van der Waals surface area (Å²) in [6.45, 7) is 0.918. The van der Waals surface area contributed by atoms with Crippen molar-refractivity contribution in [1.29, 1.82) is 0 Å². The molecule has 7 nitrogen and oxygen atoms in total. The van der Waals surface area contributed by atoms with Crippen LogP contribution in [0.2, 0.25) is 0 Å². The highest BCUT2D eigenvalue weighted by Crippen LogP contribution is 2.36. The molecule has 0 spiro atoms. The summed E-state index contributed by atoms with van der Waals surface area (Å²) in [5.74, 6) is -1.69. The van der Waals surface area contributed by atoms with E-state index in [-0.39, 0.29) is 18.7 Å². The first-order chi connectivity index (χ1) is 10.6. The van der Waals surface area contributed by atoms with E-state index in [0.29, 0.717) is 6.07 Å². The minimum atomic E-state index is -4.75. The number of carbonyl (C=O) groups is 3. The number of urea groups is 1. The van der Waals surface area contributed by atoms with Crippen molar-refractivity contribution in [3.05, 3.63) is 23.8 Å². The van der Waals surface area contributed by atoms with Gasteiger partial charge in [0.1, 0.15) is 0 Å². The molecule has 0 bridgehead atoms. The van der Waals surface area contributed by atoms with Crippen molar-refractivity contribution in [2.24, 2.45) is 0 Å². The molecule has 0 radical (unpaired) electrons. The number of hydrogen-bond donors (Lipinski definition) is 4. The number of rotatable bonds is 5. The Labute approximate surface area is 128 Å². The minimum absolute atomic E-state index is 0.0679. The van der Waals surface area contributed by atoms with Crippen molar-refractivity contribution >= 4 is 29.3 Å². The van der Waals surface area contributed by atoms with Gasteiger partial charge in [0.2, 0.25) is 5.91 Å². The maximum atomic E-state index is 13.0. The molecule has 0 fully saturated rings. The van der Waals surface area contributed by atoms with E-state index in [1.807, 2.05) is 5.32 Å². The highest BCUT2D eigenvalue weighted by molar-refractivity contribution is 5.92. The van der Waals surface area contributed by atoms with Crippen LogP contribution in [0.25, 0.3) is 0 Å². The second kappa shape index (κ2) is 7.47. The Morgan fingerprint density at radius 1 is 1.17 bits per heavy atom. The minimum Gasteiger partial charge on any atom is -0.481 e. The van der Waals surface area contributed by atoms with Crippen LogP contribution >= 0.6 is 0 Å². The standard InChI is InChI=1S/C13H14F3N3O4/c1-7(20)18-8-2-3-10(9(6-8)13(14,15)16)19-12(23)17-5-4-11(21)22/h2-3,6H,4-5H2,1H3,(H,18,20)(H,21,22)(H2,17,19,23). The number of hydrogen-bond acceptors (Lipinski definition) is 3. The molecule has 0 aliphatic carbocycles. The third-order valence-electron chi connectivity index (χ3n) is 2.52. The first-order valence-electron chi connectivity index (χ1n) is 6.35. The van der Waals surface area contributed by atoms with Gasteiger partial charge in [0.05, 0.1) is 17.7 Å². The molecule has 3 amide bonds. The van der Waals surface area contributed by atoms with Crippen molar-refractivity contribution in [2.45, 2.75) is 19.5 Å². The zero-order chi connectivity index (χ0) is 17.6. The van der Waals surface area contributed by atoms with Crippen molar-refractivity contribution in [2.75, 3.05) is 17.2 Å². The van der Waals surface area contributed by atoms with Crippen molar-refractivity contribution in [1.82, 2.24) is 5.32 Å². The fourth-order valence-electron chi connectivity index (χ4n) is 1.62. The number of alkyl halides is 3. The molecule has 1 aromatic rings. The number of halogens is 3. The normalized spacial score (nSPS) is 10.8. The highest BCUT2D eigenvalue weighted by Gasteiger charge is 2.34. The monoisotopic (exact) mass is 333 g/mol. The lowest BCUT2D eigenvalue weighted by atomic mass is 10.1. The number of carboxylic acid groups (broad SMARTS) is 1. The molecule has 0 saturated carbocycles. The van der Waals surface area contributed by atoms with Crippen LogP contribution in [0.4, 0.5) is 29.3 Å². The van der Waals surface area contributed by atoms with Gasteiger partial charge in [-0.3, -0.25) is 9.59 Å². The van der Waals surface area contributed by atoms with Gasteiger partial charge in [-0.1, -0.05) is 0 Å². The van der Waals surface area contributed by atoms with Gasteiger partial charge in [-0.15, -0.1) is 0 Å². The molecule has 4 N–H and O–H groups in total. The second-order valence-corrected chi connectivity index (χ2v) is 4.46. The van der Waals surface area contributed by atoms with Crippen LogP contribution in [0.3, 0.4) is 0 Å². The molecule has 126 valence electrons. The van der Waals surface area contributed by atoms with E-state index in [1.165, 1.54) is 6.07 Å². The summed E-state index contributed by atoms with van der Waals surface area (Å²) in [6, 6.07) is 1.91. The number of amides is 3. The van der Waals surface area contributed by atoms with E-state index < -0.39 is 35.3 Å². The molecule has 1 rings (SSSR count). The average Bonchev–Trinajstić information content (AvgIpc) is 2.38. The molecular formula is C13H14F3N3O4. The van der Waals surface area contributed by atoms with Crippen LogP contribution < -0.4 is 16.0 Å². The lowest BCUT2D eigenvalue weighted by Crippen LogP contribution is -2.31. The Balaban J connectivity index is 2.90. The molecule has 0 unspecified atom stereocenters. The lowest BCUT2D eigenvalue weighted by molar-refractivity contribution is -0.137. The van der Waals surface area contributed by atoms with Crippen LogP contribution in [0.1, 0.15) is 18.9 Å². The molecule has 1 aromatic carbocycles. The number of carboxylic acids is 1. The summed E-state index contributed by atoms with van der Waals surface area (Å²) in [7, 11) is 0. The fourth-order valence-corrected chi connectivity index (χ4v) is 1.62. The molecule has 0 atom stereocenters. The zero-order valence-corrected chi connectivity index (χ0v) is 12.0. The predicted octanol–water partition coefficient (Wildman–Crippen LogP) is 2.26. The molecule has 23 heavy (non-hydrogen) atoms. The molecule has 0 saturated heterocycles. The van der Waals surface area contributed by atoms with E-state index in [9.17, 15) is 27.6 Å². The predicted molar refractivity (Wildman–Crippen MR) is 75.0 cm³/mol. The summed E-state index contributed by atoms with van der Waals surface area (Å²) >= 11 is 0. The molecule has 0 heterocycles. The first-order valence-corrected chi connectivity index (χ1v) is 6.35. The summed E-state index contributed by atoms with van der Waals surface area (Å²) in [6.07, 6.45) is -5.11. The largest absolute Gasteiger partial charge is 0.481 e. The van der Waals surface area contributed by atoms with Crippen LogP contribution in [-0.4, -0.2) is 29.6 Å². The quantitative estimate of drug-likeness (QED) is 0.663. The van der Waals surface area contributed by atoms with E-state index in [0.717, 1.165) is 13.0 Å². The van der Waals surface area contributed by atoms with Crippen LogP contribution in [0.5, 0.6) is 0 Å². The summed E-state index contributed by atoms with van der Waals surface area (Å²) < 4.78 is 39.0. The summed E-state index contributed by atoms with van der Waals surface area (Å²) in [4.78, 5) is 32.7. The van der Waals surface area contributed by atoms with Gasteiger partial charge in [0.15, 0.2) is 0 Å². The molecule has 0 aliphatic heterocycles. The SMILES string of the molecule is CC(=O)Nc1ccc(NC(=O)NCCC(=O)O)c(C(F)(F)F)c1. The van der Waals surface area contributed by atoms with Crippen LogP contribution in [0.15, 0.2) is 18.2 Å². The second-order valence-electron chi connectivity index (χ2n) is 4.46. The van der Waals surface area contributed by atoms with Gasteiger partial charge in [-0.2, -0.15) is 13.2 Å². The highest BCUT2D eigenvalue weighted by atomic mass is 19.4. The van der Waals surface area contributed by atoms with Gasteiger partial charge in [0, 0.05) is 19.2 Å². The molecule has 0 aromatic heterocycles. The van der Waals surface area contributed by atoms with Crippen LogP contribution in [-0.2, 0) is 15.8 Å². The van der Waals surface area contributed by atoms with Gasteiger partial charge in [-0.25, -0.2) is 4.79 Å². The van der Waals surface area contributed by atoms with E-state index in [4.69, 9.17) is 5.11 Å². The smallest absolute Gasteiger partial charge is 0.418 e. The number of nitrogens with one attached hydrogen (secondary N) is 3. The average molecular weight is 333 g/mol. The zero-order valence-electron chi connectivity index (χ0n) is 12.0. The van der Waals surface area contributed by atoms with Crippen molar-refractivity contribution < 1.29 is 32.7 Å². The molecule has 10 heteroatoms. The van der Waals surface area contributed by atoms with Gasteiger partial charge in [-0.05, 0) is 18.2 Å². The summed E-state index contributed by atoms with van der Waals surface area (Å²) in [5.41, 5.74) is -1.72. The van der Waals surface area contributed by atoms with Gasteiger partial charge >= 0.3 is 18.2 Å². The van der Waals surface area contributed by atoms with Gasteiger partial charge < -0.3 is 21.1 Å². The number of benzene rings is 1. The summed E-state index contributed by atoms with van der Waals surface area (Å²) in [5, 5.41) is 14.7. The molecule has 0 aliphatic rings. The number of aliphatic carboxylic acids is 1. The van der Waals surface area contributed by atoms with Gasteiger partial charge in [0.25, 0.3) is 0 Å². The Kier molecular flexibility index (Phi) is 5.94. The topological polar surface area (TPSA) is 108 Å². The van der Waals surface area contributed by atoms with Crippen LogP contribution in [0, 0.1) is 0 Å². The third kappa shape index (κ3) is 6.24. The Bertz CT molecular complexity index is 617. The third-order valence-corrected chi connectivity index (χ3v) is 2.52. The first kappa shape index (κ1) is 18.3. The maximum absolute atomic E-state index is 13.0. The van der Waals surface area contributed by atoms with E-state index >= 15 is 0 Å². The number of anilines is 2.